The molecule has 0 fully saturated rings. The third-order valence-corrected chi connectivity index (χ3v) is 3.08. The largest absolute Gasteiger partial charge is 0.411 e. The number of nitrogens with one attached hydrogen (secondary N) is 1. The standard InChI is InChI=1S/C15H21ClF3NO/c1-11(2)20-8-13(9-21-10-15(17,18)19)6-12-4-3-5-14(16)7-12/h3-5,7,11,13,20H,6,8-10H2,1-2H3. The molecule has 0 spiro atoms. The zero-order chi connectivity index (χ0) is 15.9. The van der Waals surface area contributed by atoms with Gasteiger partial charge in [-0.3, -0.25) is 0 Å². The number of benzene rings is 1. The van der Waals surface area contributed by atoms with Crippen molar-refractivity contribution in [3.05, 3.63) is 34.9 Å². The summed E-state index contributed by atoms with van der Waals surface area (Å²) in [6.45, 7) is 3.44. The zero-order valence-corrected chi connectivity index (χ0v) is 13.0. The molecule has 0 aliphatic rings. The van der Waals surface area contributed by atoms with Gasteiger partial charge in [0.1, 0.15) is 6.61 Å². The van der Waals surface area contributed by atoms with Crippen molar-refractivity contribution in [3.63, 3.8) is 0 Å². The van der Waals surface area contributed by atoms with Gasteiger partial charge in [0.25, 0.3) is 0 Å². The van der Waals surface area contributed by atoms with Gasteiger partial charge in [0.2, 0.25) is 0 Å². The van der Waals surface area contributed by atoms with Crippen molar-refractivity contribution in [2.24, 2.45) is 5.92 Å². The first-order valence-electron chi connectivity index (χ1n) is 6.88. The van der Waals surface area contributed by atoms with Crippen LogP contribution in [0.25, 0.3) is 0 Å². The maximum atomic E-state index is 12.1. The molecule has 2 nitrogen and oxygen atoms in total. The average molecular weight is 324 g/mol. The number of halogens is 4. The van der Waals surface area contributed by atoms with E-state index in [-0.39, 0.29) is 18.6 Å². The van der Waals surface area contributed by atoms with Crippen LogP contribution in [0.1, 0.15) is 19.4 Å². The van der Waals surface area contributed by atoms with Crippen molar-refractivity contribution >= 4 is 11.6 Å². The number of hydrogen-bond donors (Lipinski definition) is 1. The fraction of sp³-hybridized carbons (Fsp3) is 0.600. The molecule has 0 aliphatic carbocycles. The summed E-state index contributed by atoms with van der Waals surface area (Å²) >= 11 is 5.92. The molecule has 6 heteroatoms. The highest BCUT2D eigenvalue weighted by Gasteiger charge is 2.28. The lowest BCUT2D eigenvalue weighted by Crippen LogP contribution is -2.33. The van der Waals surface area contributed by atoms with Crippen LogP contribution in [0.2, 0.25) is 5.02 Å². The fourth-order valence-electron chi connectivity index (χ4n) is 1.93. The van der Waals surface area contributed by atoms with E-state index in [2.05, 4.69) is 5.32 Å². The minimum absolute atomic E-state index is 0.0341. The van der Waals surface area contributed by atoms with E-state index in [9.17, 15) is 13.2 Å². The van der Waals surface area contributed by atoms with Crippen LogP contribution in [0.15, 0.2) is 24.3 Å². The Kier molecular flexibility index (Phi) is 7.49. The Balaban J connectivity index is 2.55. The SMILES string of the molecule is CC(C)NCC(COCC(F)(F)F)Cc1cccc(Cl)c1. The molecule has 1 aromatic rings. The molecule has 1 N–H and O–H groups in total. The summed E-state index contributed by atoms with van der Waals surface area (Å²) in [7, 11) is 0. The van der Waals surface area contributed by atoms with Crippen molar-refractivity contribution in [2.45, 2.75) is 32.5 Å². The monoisotopic (exact) mass is 323 g/mol. The van der Waals surface area contributed by atoms with Crippen molar-refractivity contribution in [3.8, 4) is 0 Å². The summed E-state index contributed by atoms with van der Waals surface area (Å²) in [4.78, 5) is 0. The second-order valence-corrected chi connectivity index (χ2v) is 5.83. The van der Waals surface area contributed by atoms with Crippen molar-refractivity contribution in [1.29, 1.82) is 0 Å². The summed E-state index contributed by atoms with van der Waals surface area (Å²) in [5.74, 6) is -0.0341. The molecule has 1 unspecified atom stereocenters. The Hall–Kier alpha value is -0.780. The molecule has 1 atom stereocenters. The maximum Gasteiger partial charge on any atom is 0.411 e. The van der Waals surface area contributed by atoms with E-state index in [0.717, 1.165) is 5.56 Å². The Morgan fingerprint density at radius 1 is 1.29 bits per heavy atom. The van der Waals surface area contributed by atoms with Gasteiger partial charge in [0.15, 0.2) is 0 Å². The average Bonchev–Trinajstić information content (AvgIpc) is 2.34. The minimum atomic E-state index is -4.29. The van der Waals surface area contributed by atoms with Crippen LogP contribution >= 0.6 is 11.6 Å². The highest BCUT2D eigenvalue weighted by Crippen LogP contribution is 2.17. The molecule has 1 aromatic carbocycles. The third-order valence-electron chi connectivity index (χ3n) is 2.85. The Labute approximate surface area is 128 Å². The highest BCUT2D eigenvalue weighted by molar-refractivity contribution is 6.30. The van der Waals surface area contributed by atoms with Crippen molar-refractivity contribution in [1.82, 2.24) is 5.32 Å². The van der Waals surface area contributed by atoms with Gasteiger partial charge in [0, 0.05) is 17.6 Å². The molecule has 0 saturated carbocycles. The van der Waals surface area contributed by atoms with E-state index >= 15 is 0 Å². The van der Waals surface area contributed by atoms with Crippen LogP contribution in [0.3, 0.4) is 0 Å². The number of rotatable bonds is 8. The first-order chi connectivity index (χ1) is 9.76. The molecule has 0 aromatic heterocycles. The maximum absolute atomic E-state index is 12.1. The summed E-state index contributed by atoms with van der Waals surface area (Å²) in [5.41, 5.74) is 0.994. The van der Waals surface area contributed by atoms with E-state index in [1.54, 1.807) is 6.07 Å². The molecule has 0 amide bonds. The van der Waals surface area contributed by atoms with Gasteiger partial charge in [-0.05, 0) is 30.0 Å². The first-order valence-corrected chi connectivity index (χ1v) is 7.26. The minimum Gasteiger partial charge on any atom is -0.372 e. The van der Waals surface area contributed by atoms with Crippen molar-refractivity contribution < 1.29 is 17.9 Å². The highest BCUT2D eigenvalue weighted by atomic mass is 35.5. The van der Waals surface area contributed by atoms with E-state index in [4.69, 9.17) is 16.3 Å². The van der Waals surface area contributed by atoms with Gasteiger partial charge < -0.3 is 10.1 Å². The van der Waals surface area contributed by atoms with Gasteiger partial charge in [-0.15, -0.1) is 0 Å². The number of alkyl halides is 3. The summed E-state index contributed by atoms with van der Waals surface area (Å²) < 4.78 is 41.2. The summed E-state index contributed by atoms with van der Waals surface area (Å²) in [6.07, 6.45) is -3.66. The van der Waals surface area contributed by atoms with Crippen molar-refractivity contribution in [2.75, 3.05) is 19.8 Å². The predicted molar refractivity (Wildman–Crippen MR) is 78.7 cm³/mol. The second kappa shape index (κ2) is 8.61. The van der Waals surface area contributed by atoms with Crippen LogP contribution in [0.5, 0.6) is 0 Å². The van der Waals surface area contributed by atoms with Gasteiger partial charge in [-0.1, -0.05) is 37.6 Å². The quantitative estimate of drug-likeness (QED) is 0.778. The molecule has 0 radical (unpaired) electrons. The van der Waals surface area contributed by atoms with Gasteiger partial charge in [0.05, 0.1) is 6.61 Å². The van der Waals surface area contributed by atoms with Crippen LogP contribution in [-0.2, 0) is 11.2 Å². The van der Waals surface area contributed by atoms with Gasteiger partial charge in [-0.25, -0.2) is 0 Å². The van der Waals surface area contributed by atoms with E-state index in [1.165, 1.54) is 0 Å². The van der Waals surface area contributed by atoms with Gasteiger partial charge in [-0.2, -0.15) is 13.2 Å². The lowest BCUT2D eigenvalue weighted by atomic mass is 10.00. The predicted octanol–water partition coefficient (Wildman–Crippen LogP) is 4.08. The zero-order valence-electron chi connectivity index (χ0n) is 12.2. The molecular weight excluding hydrogens is 303 g/mol. The molecule has 120 valence electrons. The van der Waals surface area contributed by atoms with E-state index in [1.807, 2.05) is 32.0 Å². The third kappa shape index (κ3) is 8.96. The smallest absolute Gasteiger partial charge is 0.372 e. The number of ether oxygens (including phenoxy) is 1. The first kappa shape index (κ1) is 18.3. The normalized spacial score (nSPS) is 13.7. The van der Waals surface area contributed by atoms with Crippen LogP contribution < -0.4 is 5.32 Å². The topological polar surface area (TPSA) is 21.3 Å². The number of hydrogen-bond acceptors (Lipinski definition) is 2. The van der Waals surface area contributed by atoms with E-state index in [0.29, 0.717) is 18.0 Å². The van der Waals surface area contributed by atoms with Crippen LogP contribution in [0, 0.1) is 5.92 Å². The Bertz CT molecular complexity index is 424. The Morgan fingerprint density at radius 3 is 2.57 bits per heavy atom. The molecule has 0 aliphatic heterocycles. The lowest BCUT2D eigenvalue weighted by molar-refractivity contribution is -0.176. The molecular formula is C15H21ClF3NO. The fourth-order valence-corrected chi connectivity index (χ4v) is 2.14. The molecule has 0 saturated heterocycles. The second-order valence-electron chi connectivity index (χ2n) is 5.39. The molecule has 1 rings (SSSR count). The molecule has 21 heavy (non-hydrogen) atoms. The molecule has 0 bridgehead atoms. The van der Waals surface area contributed by atoms with Crippen LogP contribution in [0.4, 0.5) is 13.2 Å². The molecule has 0 heterocycles. The Morgan fingerprint density at radius 2 is 2.00 bits per heavy atom. The lowest BCUT2D eigenvalue weighted by Gasteiger charge is -2.20. The van der Waals surface area contributed by atoms with E-state index < -0.39 is 12.8 Å². The van der Waals surface area contributed by atoms with Crippen LogP contribution in [-0.4, -0.2) is 32.0 Å². The summed E-state index contributed by atoms with van der Waals surface area (Å²) in [5, 5.41) is 3.86. The summed E-state index contributed by atoms with van der Waals surface area (Å²) in [6, 6.07) is 7.62. The van der Waals surface area contributed by atoms with Gasteiger partial charge >= 0.3 is 6.18 Å².